The number of esters is 1. The molecule has 1 unspecified atom stereocenters. The minimum Gasteiger partial charge on any atom is -0.447 e. The van der Waals surface area contributed by atoms with Gasteiger partial charge in [-0.1, -0.05) is 11.8 Å². The van der Waals surface area contributed by atoms with E-state index in [0.29, 0.717) is 0 Å². The van der Waals surface area contributed by atoms with Crippen LogP contribution in [0.4, 0.5) is 0 Å². The van der Waals surface area contributed by atoms with Crippen LogP contribution in [0.2, 0.25) is 0 Å². The first kappa shape index (κ1) is 36.0. The van der Waals surface area contributed by atoms with Crippen LogP contribution in [0.25, 0.3) is 0 Å². The van der Waals surface area contributed by atoms with E-state index in [-0.39, 0.29) is 0 Å². The molecule has 0 bridgehead atoms. The smallest absolute Gasteiger partial charge is 0.385 e. The van der Waals surface area contributed by atoms with E-state index in [0.717, 1.165) is 0 Å². The zero-order chi connectivity index (χ0) is 32.3. The van der Waals surface area contributed by atoms with Crippen molar-refractivity contribution in [1.82, 2.24) is 0 Å². The number of allylic oxidation sites excluding steroid dienone is 2. The molecule has 0 aliphatic rings. The number of carbonyl (C=O) groups excluding carboxylic acids is 1. The zero-order valence-electron chi connectivity index (χ0n) is 23.9. The SMILES string of the molecule is C#CC#CC#CC#CC#CC#CC#CC#CC#CC#CC#CC#C[C-]=CC#CC#CC(=O)OC(C)(C)C(C)(O)C(C)(C)O. The molecule has 0 radical (unpaired) electrons. The molecule has 0 aromatic carbocycles. The van der Waals surface area contributed by atoms with Crippen molar-refractivity contribution in [3.05, 3.63) is 12.2 Å². The molecular weight excluding hydrogens is 532 g/mol. The maximum Gasteiger partial charge on any atom is 0.385 e. The lowest BCUT2D eigenvalue weighted by molar-refractivity contribution is -0.225. The van der Waals surface area contributed by atoms with E-state index in [1.807, 2.05) is 0 Å². The van der Waals surface area contributed by atoms with Gasteiger partial charge in [-0.25, -0.2) is 16.6 Å². The van der Waals surface area contributed by atoms with Crippen molar-refractivity contribution in [1.29, 1.82) is 0 Å². The van der Waals surface area contributed by atoms with Crippen molar-refractivity contribution in [3.8, 4) is 166 Å². The highest BCUT2D eigenvalue weighted by Crippen LogP contribution is 2.35. The average molecular weight is 552 g/mol. The molecule has 0 heterocycles. The molecule has 0 aromatic rings. The molecule has 0 aliphatic heterocycles. The third-order valence-electron chi connectivity index (χ3n) is 4.61. The molecule has 43 heavy (non-hydrogen) atoms. The summed E-state index contributed by atoms with van der Waals surface area (Å²) in [4.78, 5) is 11.9. The Morgan fingerprint density at radius 2 is 0.977 bits per heavy atom. The van der Waals surface area contributed by atoms with Gasteiger partial charge in [0.1, 0.15) is 11.2 Å². The second kappa shape index (κ2) is 20.9. The van der Waals surface area contributed by atoms with Crippen molar-refractivity contribution in [2.75, 3.05) is 0 Å². The van der Waals surface area contributed by atoms with E-state index in [4.69, 9.17) is 11.2 Å². The summed E-state index contributed by atoms with van der Waals surface area (Å²) in [6.07, 6.45) is 8.79. The molecule has 0 amide bonds. The highest BCUT2D eigenvalue weighted by molar-refractivity contribution is 5.89. The molecule has 1 atom stereocenters. The summed E-state index contributed by atoms with van der Waals surface area (Å²) in [7, 11) is 0. The van der Waals surface area contributed by atoms with Crippen LogP contribution in [0.3, 0.4) is 0 Å². The Morgan fingerprint density at radius 1 is 0.605 bits per heavy atom. The van der Waals surface area contributed by atoms with Gasteiger partial charge in [-0.05, 0) is 135 Å². The second-order valence-corrected chi connectivity index (χ2v) is 8.23. The van der Waals surface area contributed by atoms with Crippen molar-refractivity contribution in [2.45, 2.75) is 51.4 Å². The number of hydrogen-bond acceptors (Lipinski definition) is 4. The topological polar surface area (TPSA) is 66.8 Å². The summed E-state index contributed by atoms with van der Waals surface area (Å²) in [6.45, 7) is 7.13. The largest absolute Gasteiger partial charge is 0.447 e. The van der Waals surface area contributed by atoms with Crippen LogP contribution in [0, 0.1) is 172 Å². The quantitative estimate of drug-likeness (QED) is 0.237. The number of aliphatic hydroxyl groups is 2. The maximum absolute atomic E-state index is 11.9. The molecular formula is C39H19O4-. The molecule has 0 rings (SSSR count). The van der Waals surface area contributed by atoms with Crippen LogP contribution in [0.1, 0.15) is 34.6 Å². The van der Waals surface area contributed by atoms with Gasteiger partial charge in [-0.15, -0.1) is 18.6 Å². The van der Waals surface area contributed by atoms with Gasteiger partial charge in [0.05, 0.1) is 5.60 Å². The lowest BCUT2D eigenvalue weighted by atomic mass is 9.75. The summed E-state index contributed by atoms with van der Waals surface area (Å²) < 4.78 is 5.19. The van der Waals surface area contributed by atoms with Gasteiger partial charge >= 0.3 is 5.97 Å². The second-order valence-electron chi connectivity index (χ2n) is 8.23. The first-order valence-corrected chi connectivity index (χ1v) is 11.7. The summed E-state index contributed by atoms with van der Waals surface area (Å²) in [5.74, 6) is 64.9. The molecule has 4 nitrogen and oxygen atoms in total. The van der Waals surface area contributed by atoms with E-state index in [9.17, 15) is 15.0 Å². The highest BCUT2D eigenvalue weighted by atomic mass is 16.6. The maximum atomic E-state index is 11.9. The predicted octanol–water partition coefficient (Wildman–Crippen LogP) is 0.867. The molecule has 0 fully saturated rings. The number of hydrogen-bond donors (Lipinski definition) is 2. The monoisotopic (exact) mass is 551 g/mol. The molecule has 200 valence electrons. The molecule has 0 spiro atoms. The molecule has 2 N–H and O–H groups in total. The van der Waals surface area contributed by atoms with Crippen LogP contribution >= 0.6 is 0 Å². The van der Waals surface area contributed by atoms with Crippen molar-refractivity contribution < 1.29 is 19.7 Å². The van der Waals surface area contributed by atoms with Crippen LogP contribution in [-0.2, 0) is 9.53 Å². The first-order valence-electron chi connectivity index (χ1n) is 11.7. The van der Waals surface area contributed by atoms with E-state index in [2.05, 4.69) is 166 Å². The van der Waals surface area contributed by atoms with Gasteiger partial charge in [-0.3, -0.25) is 0 Å². The third-order valence-corrected chi connectivity index (χ3v) is 4.61. The number of terminal acetylenes is 1. The van der Waals surface area contributed by atoms with Gasteiger partial charge in [-0.2, -0.15) is 5.92 Å². The standard InChI is InChI=1S/C39H19O4/c1-7-8-9-10-11-12-13-14-15-16-17-18-19-20-21-22-23-24-25-26-27-28-29-30-31-32-33-34-35-36(40)43-38(4,5)39(6,42)37(2,3)41/h1,31,41-42H,2-6H3/q-1. The third kappa shape index (κ3) is 18.0. The lowest BCUT2D eigenvalue weighted by Gasteiger charge is -2.46. The van der Waals surface area contributed by atoms with Crippen molar-refractivity contribution in [3.63, 3.8) is 0 Å². The highest BCUT2D eigenvalue weighted by Gasteiger charge is 2.52. The van der Waals surface area contributed by atoms with E-state index in [1.54, 1.807) is 0 Å². The summed E-state index contributed by atoms with van der Waals surface area (Å²) >= 11 is 0. The van der Waals surface area contributed by atoms with Crippen molar-refractivity contribution in [2.24, 2.45) is 0 Å². The molecule has 0 aliphatic carbocycles. The Balaban J connectivity index is 4.67. The Labute approximate surface area is 255 Å². The Kier molecular flexibility index (Phi) is 17.5. The minimum atomic E-state index is -1.73. The minimum absolute atomic E-state index is 0.902. The fraction of sp³-hybridized carbons (Fsp3) is 0.205. The van der Waals surface area contributed by atoms with Gasteiger partial charge in [0.15, 0.2) is 0 Å². The van der Waals surface area contributed by atoms with Gasteiger partial charge in [0.2, 0.25) is 0 Å². The van der Waals surface area contributed by atoms with Crippen LogP contribution < -0.4 is 0 Å². The Bertz CT molecular complexity index is 2020. The lowest BCUT2D eigenvalue weighted by Crippen LogP contribution is -2.62. The van der Waals surface area contributed by atoms with Crippen molar-refractivity contribution >= 4 is 5.97 Å². The number of carbonyl (C=O) groups is 1. The van der Waals surface area contributed by atoms with E-state index < -0.39 is 22.8 Å². The molecule has 0 saturated carbocycles. The Morgan fingerprint density at radius 3 is 1.35 bits per heavy atom. The fourth-order valence-corrected chi connectivity index (χ4v) is 2.02. The van der Waals surface area contributed by atoms with E-state index >= 15 is 0 Å². The van der Waals surface area contributed by atoms with Gasteiger partial charge in [0, 0.05) is 29.6 Å². The summed E-state index contributed by atoms with van der Waals surface area (Å²) in [5.41, 5.74) is -4.66. The predicted molar refractivity (Wildman–Crippen MR) is 165 cm³/mol. The van der Waals surface area contributed by atoms with Crippen LogP contribution in [0.5, 0.6) is 0 Å². The van der Waals surface area contributed by atoms with E-state index in [1.165, 1.54) is 40.7 Å². The number of ether oxygens (including phenoxy) is 1. The molecule has 0 aromatic heterocycles. The first-order chi connectivity index (χ1) is 20.5. The number of rotatable bonds is 3. The van der Waals surface area contributed by atoms with Crippen LogP contribution in [-0.4, -0.2) is 33.0 Å². The Hall–Kier alpha value is -7.03. The molecule has 0 saturated heterocycles. The van der Waals surface area contributed by atoms with Crippen LogP contribution in [0.15, 0.2) is 6.08 Å². The van der Waals surface area contributed by atoms with Gasteiger partial charge < -0.3 is 14.9 Å². The summed E-state index contributed by atoms with van der Waals surface area (Å²) in [6, 6.07) is 0. The van der Waals surface area contributed by atoms with Gasteiger partial charge in [0.25, 0.3) is 0 Å². The normalized spacial score (nSPS) is 8.88. The zero-order valence-corrected chi connectivity index (χ0v) is 23.9. The molecule has 4 heteroatoms. The average Bonchev–Trinajstić information content (AvgIpc) is 2.93. The summed E-state index contributed by atoms with van der Waals surface area (Å²) in [5, 5.41) is 20.6. The fourth-order valence-electron chi connectivity index (χ4n) is 2.02.